The number of Topliss-reactive ketones (excluding diaryl/α,β-unsaturated/α-hetero) is 1. The highest BCUT2D eigenvalue weighted by molar-refractivity contribution is 6.31. The Morgan fingerprint density at radius 2 is 2.00 bits per heavy atom. The number of likely N-dealkylation sites (N-methyl/N-ethyl adjacent to an activating group) is 1. The molecule has 1 amide bonds. The largest absolute Gasteiger partial charge is 0.486 e. The van der Waals surface area contributed by atoms with Crippen molar-refractivity contribution in [2.45, 2.75) is 44.2 Å². The smallest absolute Gasteiger partial charge is 0.263 e. The van der Waals surface area contributed by atoms with Crippen molar-refractivity contribution in [3.8, 4) is 11.5 Å². The fourth-order valence-corrected chi connectivity index (χ4v) is 5.69. The Balaban J connectivity index is 1.10. The van der Waals surface area contributed by atoms with E-state index in [1.165, 1.54) is 6.07 Å². The molecular weight excluding hydrogens is 447 g/mol. The first-order valence-electron chi connectivity index (χ1n) is 11.1. The van der Waals surface area contributed by atoms with E-state index in [1.807, 2.05) is 18.0 Å². The molecular formula is C25H26ClFN2O4. The number of hydrogen-bond acceptors (Lipinski definition) is 5. The van der Waals surface area contributed by atoms with Gasteiger partial charge in [0.2, 0.25) is 0 Å². The summed E-state index contributed by atoms with van der Waals surface area (Å²) in [6, 6.07) is 9.94. The zero-order valence-electron chi connectivity index (χ0n) is 18.6. The van der Waals surface area contributed by atoms with Gasteiger partial charge in [0.15, 0.2) is 11.9 Å². The lowest BCUT2D eigenvalue weighted by molar-refractivity contribution is -0.175. The molecule has 174 valence electrons. The lowest BCUT2D eigenvalue weighted by atomic mass is 9.38. The summed E-state index contributed by atoms with van der Waals surface area (Å²) in [5.74, 6) is 0.503. The summed E-state index contributed by atoms with van der Waals surface area (Å²) in [5.41, 5.74) is 1.11. The molecule has 8 heteroatoms. The third-order valence-electron chi connectivity index (χ3n) is 6.98. The van der Waals surface area contributed by atoms with Gasteiger partial charge in [0.25, 0.3) is 5.91 Å². The monoisotopic (exact) mass is 472 g/mol. The predicted molar refractivity (Wildman–Crippen MR) is 123 cm³/mol. The van der Waals surface area contributed by atoms with E-state index in [2.05, 4.69) is 5.32 Å². The van der Waals surface area contributed by atoms with Crippen LogP contribution in [0.25, 0.3) is 0 Å². The quantitative estimate of drug-likeness (QED) is 0.658. The van der Waals surface area contributed by atoms with Crippen molar-refractivity contribution in [3.05, 3.63) is 52.8 Å². The number of rotatable bonds is 7. The maximum absolute atomic E-state index is 13.6. The Labute approximate surface area is 197 Å². The van der Waals surface area contributed by atoms with E-state index < -0.39 is 6.10 Å². The van der Waals surface area contributed by atoms with Crippen molar-refractivity contribution < 1.29 is 23.5 Å². The Kier molecular flexibility index (Phi) is 5.27. The van der Waals surface area contributed by atoms with E-state index in [4.69, 9.17) is 21.1 Å². The number of benzene rings is 2. The van der Waals surface area contributed by atoms with Gasteiger partial charge in [-0.1, -0.05) is 17.7 Å². The minimum atomic E-state index is -0.599. The van der Waals surface area contributed by atoms with Crippen molar-refractivity contribution in [3.63, 3.8) is 0 Å². The van der Waals surface area contributed by atoms with Crippen LogP contribution in [0.5, 0.6) is 11.5 Å². The van der Waals surface area contributed by atoms with Gasteiger partial charge in [0, 0.05) is 30.1 Å². The SMILES string of the molecule is Cc1ccc(OCC(=O)CC23CC(NC(=O)[C@@H]4CN(C)c5cc(Cl)ccc5O4)(C2)C3)cc1F. The van der Waals surface area contributed by atoms with E-state index in [1.54, 1.807) is 31.2 Å². The molecule has 4 aliphatic rings. The first-order valence-corrected chi connectivity index (χ1v) is 11.4. The lowest BCUT2D eigenvalue weighted by Gasteiger charge is -2.70. The van der Waals surface area contributed by atoms with Gasteiger partial charge in [-0.2, -0.15) is 0 Å². The summed E-state index contributed by atoms with van der Waals surface area (Å²) in [5, 5.41) is 3.78. The van der Waals surface area contributed by atoms with E-state index >= 15 is 0 Å². The van der Waals surface area contributed by atoms with Gasteiger partial charge in [-0.3, -0.25) is 9.59 Å². The van der Waals surface area contributed by atoms with Crippen LogP contribution in [0.4, 0.5) is 10.1 Å². The van der Waals surface area contributed by atoms with Crippen LogP contribution >= 0.6 is 11.6 Å². The number of aryl methyl sites for hydroxylation is 1. The predicted octanol–water partition coefficient (Wildman–Crippen LogP) is 4.06. The van der Waals surface area contributed by atoms with Crippen LogP contribution < -0.4 is 19.7 Å². The second-order valence-corrected chi connectivity index (χ2v) is 10.3. The number of ether oxygens (including phenoxy) is 2. The molecule has 6 rings (SSSR count). The van der Waals surface area contributed by atoms with Gasteiger partial charge in [-0.25, -0.2) is 4.39 Å². The lowest BCUT2D eigenvalue weighted by Crippen LogP contribution is -2.76. The summed E-state index contributed by atoms with van der Waals surface area (Å²) in [7, 11) is 1.91. The van der Waals surface area contributed by atoms with Gasteiger partial charge in [-0.05, 0) is 61.4 Å². The maximum Gasteiger partial charge on any atom is 0.263 e. The number of hydrogen-bond donors (Lipinski definition) is 1. The molecule has 3 aliphatic carbocycles. The summed E-state index contributed by atoms with van der Waals surface area (Å²) in [4.78, 5) is 27.3. The molecule has 2 aromatic rings. The Bertz CT molecular complexity index is 1120. The highest BCUT2D eigenvalue weighted by atomic mass is 35.5. The van der Waals surface area contributed by atoms with E-state index in [9.17, 15) is 14.0 Å². The summed E-state index contributed by atoms with van der Waals surface area (Å²) >= 11 is 6.06. The molecule has 0 aromatic heterocycles. The Hall–Kier alpha value is -2.80. The molecule has 1 atom stereocenters. The normalized spacial score (nSPS) is 26.9. The number of carbonyl (C=O) groups is 2. The molecule has 2 bridgehead atoms. The molecule has 1 aliphatic heterocycles. The Morgan fingerprint density at radius 3 is 2.73 bits per heavy atom. The minimum absolute atomic E-state index is 0.0110. The van der Waals surface area contributed by atoms with Gasteiger partial charge in [0.05, 0.1) is 12.2 Å². The van der Waals surface area contributed by atoms with Gasteiger partial charge in [0.1, 0.15) is 23.9 Å². The van der Waals surface area contributed by atoms with E-state index in [0.29, 0.717) is 35.1 Å². The first kappa shape index (κ1) is 22.0. The van der Waals surface area contributed by atoms with Gasteiger partial charge >= 0.3 is 0 Å². The van der Waals surface area contributed by atoms with Crippen LogP contribution in [0.3, 0.4) is 0 Å². The fraction of sp³-hybridized carbons (Fsp3) is 0.440. The van der Waals surface area contributed by atoms with Crippen molar-refractivity contribution in [1.82, 2.24) is 5.32 Å². The number of ketones is 1. The molecule has 0 saturated heterocycles. The maximum atomic E-state index is 13.6. The third kappa shape index (κ3) is 4.14. The topological polar surface area (TPSA) is 67.9 Å². The van der Waals surface area contributed by atoms with Crippen LogP contribution in [-0.2, 0) is 9.59 Å². The first-order chi connectivity index (χ1) is 15.7. The van der Waals surface area contributed by atoms with Gasteiger partial charge in [-0.15, -0.1) is 0 Å². The van der Waals surface area contributed by atoms with Crippen molar-refractivity contribution >= 4 is 29.0 Å². The summed E-state index contributed by atoms with van der Waals surface area (Å²) in [6.07, 6.45) is 2.16. The number of nitrogens with one attached hydrogen (secondary N) is 1. The minimum Gasteiger partial charge on any atom is -0.486 e. The number of amides is 1. The van der Waals surface area contributed by atoms with Crippen LogP contribution in [0.2, 0.25) is 5.02 Å². The molecule has 0 unspecified atom stereocenters. The molecule has 3 saturated carbocycles. The van der Waals surface area contributed by atoms with Crippen molar-refractivity contribution in [1.29, 1.82) is 0 Å². The summed E-state index contributed by atoms with van der Waals surface area (Å²) < 4.78 is 25.0. The average molecular weight is 473 g/mol. The van der Waals surface area contributed by atoms with E-state index in [0.717, 1.165) is 24.9 Å². The number of nitrogens with zero attached hydrogens (tertiary/aromatic N) is 1. The Morgan fingerprint density at radius 1 is 1.24 bits per heavy atom. The van der Waals surface area contributed by atoms with Crippen molar-refractivity contribution in [2.75, 3.05) is 25.1 Å². The van der Waals surface area contributed by atoms with E-state index in [-0.39, 0.29) is 35.1 Å². The fourth-order valence-electron chi connectivity index (χ4n) is 5.52. The zero-order valence-corrected chi connectivity index (χ0v) is 19.4. The van der Waals surface area contributed by atoms with Crippen LogP contribution in [-0.4, -0.2) is 43.5 Å². The molecule has 0 spiro atoms. The van der Waals surface area contributed by atoms with Gasteiger partial charge < -0.3 is 19.7 Å². The average Bonchev–Trinajstić information content (AvgIpc) is 2.72. The molecule has 2 aromatic carbocycles. The number of fused-ring (bicyclic) bond motifs is 1. The number of halogens is 2. The standard InChI is InChI=1S/C25H26ClFN2O4/c1-15-3-5-18(8-19(15)27)32-11-17(30)9-24-12-25(13-24,14-24)28-23(31)22-10-29(2)20-7-16(26)4-6-21(20)33-22/h3-8,22H,9-14H2,1-2H3,(H,28,31)/t22-,24?,25?/m0/s1. The zero-order chi connectivity index (χ0) is 23.4. The second-order valence-electron chi connectivity index (χ2n) is 9.81. The number of anilines is 1. The number of carbonyl (C=O) groups excluding carboxylic acids is 2. The highest BCUT2D eigenvalue weighted by Crippen LogP contribution is 2.69. The third-order valence-corrected chi connectivity index (χ3v) is 7.21. The molecule has 33 heavy (non-hydrogen) atoms. The van der Waals surface area contributed by atoms with Crippen LogP contribution in [0, 0.1) is 18.2 Å². The highest BCUT2D eigenvalue weighted by Gasteiger charge is 2.68. The van der Waals surface area contributed by atoms with Crippen molar-refractivity contribution in [2.24, 2.45) is 5.41 Å². The molecule has 0 radical (unpaired) electrons. The summed E-state index contributed by atoms with van der Waals surface area (Å²) in [6.45, 7) is 2.04. The molecule has 3 fully saturated rings. The second kappa shape index (κ2) is 7.90. The molecule has 1 heterocycles. The van der Waals surface area contributed by atoms with Crippen LogP contribution in [0.1, 0.15) is 31.2 Å². The van der Waals surface area contributed by atoms with Crippen LogP contribution in [0.15, 0.2) is 36.4 Å². The molecule has 1 N–H and O–H groups in total. The molecule has 6 nitrogen and oxygen atoms in total.